The Balaban J connectivity index is 1.77. The molecule has 0 aliphatic carbocycles. The summed E-state index contributed by atoms with van der Waals surface area (Å²) < 4.78 is 37.7. The summed E-state index contributed by atoms with van der Waals surface area (Å²) in [5, 5.41) is 2.94. The second-order valence-electron chi connectivity index (χ2n) is 7.14. The molecular formula is C24H26N2O5S. The van der Waals surface area contributed by atoms with Crippen molar-refractivity contribution in [1.82, 2.24) is 5.32 Å². The molecule has 0 aliphatic rings. The van der Waals surface area contributed by atoms with Gasteiger partial charge >= 0.3 is 0 Å². The van der Waals surface area contributed by atoms with Crippen molar-refractivity contribution < 1.29 is 22.7 Å². The molecule has 1 N–H and O–H groups in total. The molecule has 0 aromatic heterocycles. The SMILES string of the molecule is COc1ccc(S(=O)(=O)N(C)c2ccc(C(=O)N[C@H](C)c3ccccc3)cc2)cc1OC. The largest absolute Gasteiger partial charge is 0.493 e. The number of nitrogens with one attached hydrogen (secondary N) is 1. The van der Waals surface area contributed by atoms with E-state index in [9.17, 15) is 13.2 Å². The van der Waals surface area contributed by atoms with E-state index >= 15 is 0 Å². The van der Waals surface area contributed by atoms with Crippen molar-refractivity contribution in [2.24, 2.45) is 0 Å². The number of carbonyl (C=O) groups is 1. The Hall–Kier alpha value is -3.52. The van der Waals surface area contributed by atoms with Crippen molar-refractivity contribution >= 4 is 21.6 Å². The van der Waals surface area contributed by atoms with Crippen molar-refractivity contribution in [3.05, 3.63) is 83.9 Å². The van der Waals surface area contributed by atoms with Crippen molar-refractivity contribution in [2.45, 2.75) is 17.9 Å². The second kappa shape index (κ2) is 9.74. The fourth-order valence-corrected chi connectivity index (χ4v) is 4.41. The van der Waals surface area contributed by atoms with Crippen LogP contribution in [0.1, 0.15) is 28.9 Å². The molecule has 3 rings (SSSR count). The maximum Gasteiger partial charge on any atom is 0.264 e. The van der Waals surface area contributed by atoms with E-state index in [-0.39, 0.29) is 16.8 Å². The summed E-state index contributed by atoms with van der Waals surface area (Å²) in [6.45, 7) is 1.91. The fraction of sp³-hybridized carbons (Fsp3) is 0.208. The first-order chi connectivity index (χ1) is 15.3. The Morgan fingerprint density at radius 3 is 2.12 bits per heavy atom. The molecule has 0 saturated heterocycles. The summed E-state index contributed by atoms with van der Waals surface area (Å²) in [6.07, 6.45) is 0. The molecule has 1 atom stereocenters. The van der Waals surface area contributed by atoms with Crippen molar-refractivity contribution in [1.29, 1.82) is 0 Å². The predicted octanol–water partition coefficient (Wildman–Crippen LogP) is 4.02. The van der Waals surface area contributed by atoms with E-state index < -0.39 is 10.0 Å². The van der Waals surface area contributed by atoms with Gasteiger partial charge in [0.1, 0.15) is 0 Å². The van der Waals surface area contributed by atoms with E-state index in [0.717, 1.165) is 9.87 Å². The van der Waals surface area contributed by atoms with Crippen LogP contribution in [0.15, 0.2) is 77.7 Å². The molecule has 3 aromatic rings. The van der Waals surface area contributed by atoms with Gasteiger partial charge in [0, 0.05) is 18.7 Å². The first kappa shape index (κ1) is 23.1. The third kappa shape index (κ3) is 4.86. The van der Waals surface area contributed by atoms with Crippen LogP contribution in [-0.2, 0) is 10.0 Å². The summed E-state index contributed by atoms with van der Waals surface area (Å²) in [4.78, 5) is 12.7. The molecule has 0 saturated carbocycles. The summed E-state index contributed by atoms with van der Waals surface area (Å²) in [5.41, 5.74) is 1.86. The van der Waals surface area contributed by atoms with Gasteiger partial charge in [-0.25, -0.2) is 8.42 Å². The van der Waals surface area contributed by atoms with E-state index in [1.165, 1.54) is 33.4 Å². The number of hydrogen-bond donors (Lipinski definition) is 1. The zero-order chi connectivity index (χ0) is 23.3. The van der Waals surface area contributed by atoms with Gasteiger partial charge in [0.15, 0.2) is 11.5 Å². The van der Waals surface area contributed by atoms with Gasteiger partial charge in [0.25, 0.3) is 15.9 Å². The lowest BCUT2D eigenvalue weighted by Crippen LogP contribution is -2.28. The van der Waals surface area contributed by atoms with Crippen LogP contribution in [0.25, 0.3) is 0 Å². The summed E-state index contributed by atoms with van der Waals surface area (Å²) in [5.74, 6) is 0.522. The van der Waals surface area contributed by atoms with Gasteiger partial charge < -0.3 is 14.8 Å². The molecule has 3 aromatic carbocycles. The summed E-state index contributed by atoms with van der Waals surface area (Å²) in [7, 11) is 0.544. The Labute approximate surface area is 188 Å². The van der Waals surface area contributed by atoms with Crippen LogP contribution in [0.2, 0.25) is 0 Å². The Morgan fingerprint density at radius 2 is 1.53 bits per heavy atom. The summed E-state index contributed by atoms with van der Waals surface area (Å²) in [6, 6.07) is 20.3. The highest BCUT2D eigenvalue weighted by atomic mass is 32.2. The number of benzene rings is 3. The fourth-order valence-electron chi connectivity index (χ4n) is 3.20. The minimum atomic E-state index is -3.84. The van der Waals surface area contributed by atoms with Crippen LogP contribution in [0.3, 0.4) is 0 Å². The van der Waals surface area contributed by atoms with Crippen LogP contribution in [0.4, 0.5) is 5.69 Å². The van der Waals surface area contributed by atoms with Gasteiger partial charge in [0.05, 0.1) is 30.8 Å². The number of hydrogen-bond acceptors (Lipinski definition) is 5. The van der Waals surface area contributed by atoms with Crippen molar-refractivity contribution in [3.63, 3.8) is 0 Å². The smallest absolute Gasteiger partial charge is 0.264 e. The molecule has 8 heteroatoms. The first-order valence-electron chi connectivity index (χ1n) is 9.94. The number of amides is 1. The van der Waals surface area contributed by atoms with Crippen LogP contribution in [0.5, 0.6) is 11.5 Å². The monoisotopic (exact) mass is 454 g/mol. The van der Waals surface area contributed by atoms with E-state index in [0.29, 0.717) is 22.7 Å². The second-order valence-corrected chi connectivity index (χ2v) is 9.11. The van der Waals surface area contributed by atoms with Crippen LogP contribution < -0.4 is 19.1 Å². The van der Waals surface area contributed by atoms with Crippen molar-refractivity contribution in [3.8, 4) is 11.5 Å². The normalized spacial score (nSPS) is 12.0. The van der Waals surface area contributed by atoms with Gasteiger partial charge in [-0.1, -0.05) is 30.3 Å². The lowest BCUT2D eigenvalue weighted by Gasteiger charge is -2.21. The number of sulfonamides is 1. The highest BCUT2D eigenvalue weighted by Crippen LogP contribution is 2.31. The molecule has 0 aliphatic heterocycles. The third-order valence-corrected chi connectivity index (χ3v) is 6.94. The molecule has 0 radical (unpaired) electrons. The summed E-state index contributed by atoms with van der Waals surface area (Å²) >= 11 is 0. The van der Waals surface area contributed by atoms with E-state index in [2.05, 4.69) is 5.32 Å². The van der Waals surface area contributed by atoms with E-state index in [1.54, 1.807) is 30.3 Å². The van der Waals surface area contributed by atoms with Crippen molar-refractivity contribution in [2.75, 3.05) is 25.6 Å². The Morgan fingerprint density at radius 1 is 0.906 bits per heavy atom. The molecule has 0 spiro atoms. The number of methoxy groups -OCH3 is 2. The van der Waals surface area contributed by atoms with Crippen LogP contribution in [-0.4, -0.2) is 35.6 Å². The van der Waals surface area contributed by atoms with E-state index in [4.69, 9.17) is 9.47 Å². The zero-order valence-corrected chi connectivity index (χ0v) is 19.2. The van der Waals surface area contributed by atoms with Crippen LogP contribution in [0, 0.1) is 0 Å². The number of anilines is 1. The highest BCUT2D eigenvalue weighted by Gasteiger charge is 2.23. The number of rotatable bonds is 8. The van der Waals surface area contributed by atoms with Gasteiger partial charge in [0.2, 0.25) is 0 Å². The molecule has 0 heterocycles. The quantitative estimate of drug-likeness (QED) is 0.556. The molecule has 32 heavy (non-hydrogen) atoms. The first-order valence-corrected chi connectivity index (χ1v) is 11.4. The lowest BCUT2D eigenvalue weighted by atomic mass is 10.1. The molecule has 0 bridgehead atoms. The topological polar surface area (TPSA) is 84.9 Å². The Bertz CT molecular complexity index is 1180. The highest BCUT2D eigenvalue weighted by molar-refractivity contribution is 7.92. The standard InChI is InChI=1S/C24H26N2O5S/c1-17(18-8-6-5-7-9-18)25-24(27)19-10-12-20(13-11-19)26(2)32(28,29)21-14-15-22(30-3)23(16-21)31-4/h5-17H,1-4H3,(H,25,27)/t17-/m1/s1. The van der Waals surface area contributed by atoms with Gasteiger partial charge in [-0.15, -0.1) is 0 Å². The number of ether oxygens (including phenoxy) is 2. The molecule has 168 valence electrons. The minimum absolute atomic E-state index is 0.0659. The van der Waals surface area contributed by atoms with Gasteiger partial charge in [-0.05, 0) is 48.9 Å². The molecule has 0 fully saturated rings. The number of nitrogens with zero attached hydrogens (tertiary/aromatic N) is 1. The molecular weight excluding hydrogens is 428 g/mol. The average Bonchev–Trinajstić information content (AvgIpc) is 2.83. The third-order valence-electron chi connectivity index (χ3n) is 5.15. The Kier molecular flexibility index (Phi) is 7.05. The molecule has 1 amide bonds. The van der Waals surface area contributed by atoms with Gasteiger partial charge in [-0.3, -0.25) is 9.10 Å². The predicted molar refractivity (Wildman–Crippen MR) is 124 cm³/mol. The van der Waals surface area contributed by atoms with Gasteiger partial charge in [-0.2, -0.15) is 0 Å². The average molecular weight is 455 g/mol. The molecule has 7 nitrogen and oxygen atoms in total. The minimum Gasteiger partial charge on any atom is -0.493 e. The maximum atomic E-state index is 13.1. The zero-order valence-electron chi connectivity index (χ0n) is 18.4. The lowest BCUT2D eigenvalue weighted by molar-refractivity contribution is 0.0940. The maximum absolute atomic E-state index is 13.1. The number of carbonyl (C=O) groups excluding carboxylic acids is 1. The van der Waals surface area contributed by atoms with Crippen LogP contribution >= 0.6 is 0 Å². The molecule has 0 unspecified atom stereocenters. The van der Waals surface area contributed by atoms with E-state index in [1.807, 2.05) is 37.3 Å².